The molecule has 6 nitrogen and oxygen atoms in total. The van der Waals surface area contributed by atoms with Crippen LogP contribution in [0.2, 0.25) is 0 Å². The van der Waals surface area contributed by atoms with Gasteiger partial charge in [0.1, 0.15) is 19.3 Å². The van der Waals surface area contributed by atoms with Gasteiger partial charge in [-0.2, -0.15) is 0 Å². The van der Waals surface area contributed by atoms with Crippen LogP contribution < -0.4 is 14.8 Å². The summed E-state index contributed by atoms with van der Waals surface area (Å²) >= 11 is 0. The van der Waals surface area contributed by atoms with Crippen LogP contribution in [0.25, 0.3) is 11.1 Å². The lowest BCUT2D eigenvalue weighted by Crippen LogP contribution is -2.53. The monoisotopic (exact) mass is 448 g/mol. The fourth-order valence-corrected chi connectivity index (χ4v) is 6.06. The highest BCUT2D eigenvalue weighted by Crippen LogP contribution is 2.46. The second kappa shape index (κ2) is 7.94. The predicted octanol–water partition coefficient (Wildman–Crippen LogP) is 4.57. The lowest BCUT2D eigenvalue weighted by molar-refractivity contribution is -0.0348. The van der Waals surface area contributed by atoms with E-state index in [1.54, 1.807) is 0 Å². The van der Waals surface area contributed by atoms with Gasteiger partial charge in [0.05, 0.1) is 6.04 Å². The van der Waals surface area contributed by atoms with Crippen LogP contribution in [0, 0.1) is 11.3 Å². The van der Waals surface area contributed by atoms with Crippen molar-refractivity contribution in [3.63, 3.8) is 0 Å². The summed E-state index contributed by atoms with van der Waals surface area (Å²) in [5.74, 6) is 2.12. The molecule has 0 aromatic heterocycles. The highest BCUT2D eigenvalue weighted by atomic mass is 16.6. The van der Waals surface area contributed by atoms with E-state index in [1.165, 1.54) is 11.1 Å². The molecule has 0 spiro atoms. The standard InChI is InChI=1S/C27H32N2O4/c1-27(2)15-20-13-18(19-4-6-22-23(14-19)32-12-11-31-22)3-5-21(20)25(27)28-26(30)33-24-16-29-9-7-17(24)8-10-29/h3-6,13-14,17,24-25H,7-12,15-16H2,1-2H3,(H,28,30)/t24-,25?/m1/s1. The minimum atomic E-state index is -0.282. The molecule has 174 valence electrons. The number of alkyl carbamates (subject to hydrolysis) is 1. The smallest absolute Gasteiger partial charge is 0.407 e. The van der Waals surface area contributed by atoms with Crippen molar-refractivity contribution in [3.05, 3.63) is 47.5 Å². The number of nitrogens with zero attached hydrogens (tertiary/aromatic N) is 1. The molecule has 3 fully saturated rings. The van der Waals surface area contributed by atoms with Crippen molar-refractivity contribution in [2.45, 2.75) is 45.3 Å². The second-order valence-corrected chi connectivity index (χ2v) is 10.6. The molecule has 1 amide bonds. The topological polar surface area (TPSA) is 60.0 Å². The number of hydrogen-bond acceptors (Lipinski definition) is 5. The van der Waals surface area contributed by atoms with Crippen molar-refractivity contribution < 1.29 is 19.0 Å². The summed E-state index contributed by atoms with van der Waals surface area (Å²) < 4.78 is 17.3. The molecule has 2 atom stereocenters. The van der Waals surface area contributed by atoms with Gasteiger partial charge >= 0.3 is 6.09 Å². The number of hydrogen-bond donors (Lipinski definition) is 1. The van der Waals surface area contributed by atoms with Crippen molar-refractivity contribution in [2.75, 3.05) is 32.8 Å². The predicted molar refractivity (Wildman–Crippen MR) is 126 cm³/mol. The fourth-order valence-electron chi connectivity index (χ4n) is 6.06. The van der Waals surface area contributed by atoms with E-state index < -0.39 is 0 Å². The maximum absolute atomic E-state index is 12.9. The molecule has 7 rings (SSSR count). The van der Waals surface area contributed by atoms with Crippen LogP contribution in [0.3, 0.4) is 0 Å². The van der Waals surface area contributed by atoms with E-state index in [9.17, 15) is 4.79 Å². The van der Waals surface area contributed by atoms with Crippen LogP contribution in [0.5, 0.6) is 11.5 Å². The Hall–Kier alpha value is -2.73. The Kier molecular flexibility index (Phi) is 5.02. The first-order chi connectivity index (χ1) is 16.0. The fraction of sp³-hybridized carbons (Fsp3) is 0.519. The van der Waals surface area contributed by atoms with Gasteiger partial charge in [0.25, 0.3) is 0 Å². The Morgan fingerprint density at radius 2 is 1.76 bits per heavy atom. The normalized spacial score (nSPS) is 28.8. The minimum Gasteiger partial charge on any atom is -0.486 e. The Morgan fingerprint density at radius 3 is 2.52 bits per heavy atom. The maximum atomic E-state index is 12.9. The summed E-state index contributed by atoms with van der Waals surface area (Å²) in [7, 11) is 0. The minimum absolute atomic E-state index is 0.0223. The summed E-state index contributed by atoms with van der Waals surface area (Å²) in [6, 6.07) is 12.6. The number of nitrogens with one attached hydrogen (secondary N) is 1. The molecule has 5 aliphatic rings. The summed E-state index contributed by atoms with van der Waals surface area (Å²) in [5.41, 5.74) is 4.64. The van der Waals surface area contributed by atoms with Gasteiger partial charge in [0.15, 0.2) is 11.5 Å². The van der Waals surface area contributed by atoms with Crippen molar-refractivity contribution in [1.82, 2.24) is 10.2 Å². The molecule has 0 saturated carbocycles. The summed E-state index contributed by atoms with van der Waals surface area (Å²) in [5, 5.41) is 3.22. The molecule has 0 radical (unpaired) electrons. The van der Waals surface area contributed by atoms with Crippen molar-refractivity contribution in [3.8, 4) is 22.6 Å². The average molecular weight is 449 g/mol. The van der Waals surface area contributed by atoms with Gasteiger partial charge in [-0.05, 0) is 78.1 Å². The quantitative estimate of drug-likeness (QED) is 0.746. The van der Waals surface area contributed by atoms with E-state index in [2.05, 4.69) is 54.4 Å². The molecule has 1 unspecified atom stereocenters. The van der Waals surface area contributed by atoms with E-state index in [4.69, 9.17) is 14.2 Å². The summed E-state index contributed by atoms with van der Waals surface area (Å²) in [6.45, 7) is 8.77. The molecular weight excluding hydrogens is 416 g/mol. The number of benzene rings is 2. The first kappa shape index (κ1) is 20.8. The van der Waals surface area contributed by atoms with E-state index in [0.29, 0.717) is 19.1 Å². The molecule has 1 N–H and O–H groups in total. The van der Waals surface area contributed by atoms with Crippen molar-refractivity contribution in [1.29, 1.82) is 0 Å². The Bertz CT molecular complexity index is 1070. The van der Waals surface area contributed by atoms with Crippen LogP contribution in [0.15, 0.2) is 36.4 Å². The molecule has 6 heteroatoms. The number of piperidine rings is 3. The van der Waals surface area contributed by atoms with E-state index in [1.807, 2.05) is 6.07 Å². The van der Waals surface area contributed by atoms with Gasteiger partial charge in [-0.15, -0.1) is 0 Å². The largest absolute Gasteiger partial charge is 0.486 e. The number of rotatable bonds is 3. The highest BCUT2D eigenvalue weighted by molar-refractivity contribution is 5.71. The van der Waals surface area contributed by atoms with Crippen LogP contribution >= 0.6 is 0 Å². The Balaban J connectivity index is 1.20. The molecule has 2 aromatic carbocycles. The van der Waals surface area contributed by atoms with Crippen LogP contribution in [-0.2, 0) is 11.2 Å². The zero-order valence-corrected chi connectivity index (χ0v) is 19.4. The zero-order valence-electron chi connectivity index (χ0n) is 19.4. The summed E-state index contributed by atoms with van der Waals surface area (Å²) in [4.78, 5) is 15.3. The number of carbonyl (C=O) groups excluding carboxylic acids is 1. The molecule has 4 aliphatic heterocycles. The summed E-state index contributed by atoms with van der Waals surface area (Å²) in [6.07, 6.45) is 2.92. The third-order valence-corrected chi connectivity index (χ3v) is 7.87. The number of carbonyl (C=O) groups is 1. The second-order valence-electron chi connectivity index (χ2n) is 10.6. The average Bonchev–Trinajstić information content (AvgIpc) is 3.08. The van der Waals surface area contributed by atoms with Gasteiger partial charge in [-0.25, -0.2) is 4.79 Å². The van der Waals surface area contributed by atoms with E-state index in [-0.39, 0.29) is 23.7 Å². The first-order valence-electron chi connectivity index (χ1n) is 12.2. The Morgan fingerprint density at radius 1 is 1.03 bits per heavy atom. The van der Waals surface area contributed by atoms with Gasteiger partial charge in [-0.1, -0.05) is 38.1 Å². The van der Waals surface area contributed by atoms with Gasteiger partial charge in [0, 0.05) is 6.54 Å². The molecule has 4 heterocycles. The molecule has 3 saturated heterocycles. The molecule has 2 aromatic rings. The number of ether oxygens (including phenoxy) is 3. The molecular formula is C27H32N2O4. The van der Waals surface area contributed by atoms with Gasteiger partial charge < -0.3 is 19.5 Å². The van der Waals surface area contributed by atoms with Gasteiger partial charge in [0.2, 0.25) is 0 Å². The number of amides is 1. The molecule has 2 bridgehead atoms. The SMILES string of the molecule is CC1(C)Cc2cc(-c3ccc4c(c3)OCCO4)ccc2C1NC(=O)O[C@@H]1CN2CCC1CC2. The maximum Gasteiger partial charge on any atom is 0.407 e. The zero-order chi connectivity index (χ0) is 22.6. The van der Waals surface area contributed by atoms with Crippen LogP contribution in [-0.4, -0.2) is 49.9 Å². The van der Waals surface area contributed by atoms with Crippen LogP contribution in [0.1, 0.15) is 43.9 Å². The third-order valence-electron chi connectivity index (χ3n) is 7.87. The van der Waals surface area contributed by atoms with E-state index in [0.717, 1.165) is 61.5 Å². The lowest BCUT2D eigenvalue weighted by Gasteiger charge is -2.44. The molecule has 1 aliphatic carbocycles. The van der Waals surface area contributed by atoms with Crippen LogP contribution in [0.4, 0.5) is 4.79 Å². The Labute approximate surface area is 195 Å². The molecule has 33 heavy (non-hydrogen) atoms. The first-order valence-corrected chi connectivity index (χ1v) is 12.2. The van der Waals surface area contributed by atoms with E-state index >= 15 is 0 Å². The number of fused-ring (bicyclic) bond motifs is 5. The highest BCUT2D eigenvalue weighted by Gasteiger charge is 2.42. The van der Waals surface area contributed by atoms with Gasteiger partial charge in [-0.3, -0.25) is 4.90 Å². The van der Waals surface area contributed by atoms with Crippen molar-refractivity contribution >= 4 is 6.09 Å². The lowest BCUT2D eigenvalue weighted by atomic mass is 9.85. The third kappa shape index (κ3) is 3.84. The van der Waals surface area contributed by atoms with Crippen molar-refractivity contribution in [2.24, 2.45) is 11.3 Å².